The highest BCUT2D eigenvalue weighted by molar-refractivity contribution is 5.71. The van der Waals surface area contributed by atoms with Crippen LogP contribution >= 0.6 is 0 Å². The molecule has 0 aliphatic heterocycles. The smallest absolute Gasteiger partial charge is 0.308 e. The van der Waals surface area contributed by atoms with Crippen LogP contribution in [-0.4, -0.2) is 32.3 Å². The number of likely N-dealkylation sites (N-methyl/N-ethyl adjacent to an activating group) is 2. The Labute approximate surface area is 80.0 Å². The highest BCUT2D eigenvalue weighted by Gasteiger charge is 2.21. The zero-order chi connectivity index (χ0) is 10.5. The summed E-state index contributed by atoms with van der Waals surface area (Å²) in [5.41, 5.74) is -0.343. The molecule has 0 aromatic heterocycles. The molecule has 0 spiro atoms. The van der Waals surface area contributed by atoms with Crippen LogP contribution in [-0.2, 0) is 9.53 Å². The maximum atomic E-state index is 11.1. The minimum atomic E-state index is -0.343. The van der Waals surface area contributed by atoms with Gasteiger partial charge >= 0.3 is 5.97 Å². The van der Waals surface area contributed by atoms with E-state index in [0.717, 1.165) is 0 Å². The Morgan fingerprint density at radius 1 is 1.38 bits per heavy atom. The van der Waals surface area contributed by atoms with Crippen molar-refractivity contribution in [1.29, 1.82) is 0 Å². The van der Waals surface area contributed by atoms with E-state index in [1.807, 2.05) is 34.9 Å². The van der Waals surface area contributed by atoms with E-state index in [4.69, 9.17) is 4.74 Å². The summed E-state index contributed by atoms with van der Waals surface area (Å²) in [4.78, 5) is 11.1. The zero-order valence-electron chi connectivity index (χ0n) is 9.10. The second kappa shape index (κ2) is 5.19. The predicted octanol–water partition coefficient (Wildman–Crippen LogP) is 0.341. The van der Waals surface area contributed by atoms with Crippen LogP contribution in [0.1, 0.15) is 20.8 Å². The van der Waals surface area contributed by atoms with Crippen LogP contribution in [0.4, 0.5) is 0 Å². The van der Waals surface area contributed by atoms with Crippen molar-refractivity contribution in [1.82, 2.24) is 10.6 Å². The van der Waals surface area contributed by atoms with Gasteiger partial charge in [0.05, 0.1) is 5.92 Å². The van der Waals surface area contributed by atoms with Crippen LogP contribution in [0.5, 0.6) is 0 Å². The molecule has 0 atom stereocenters. The van der Waals surface area contributed by atoms with E-state index in [9.17, 15) is 4.79 Å². The topological polar surface area (TPSA) is 50.4 Å². The molecule has 0 fully saturated rings. The van der Waals surface area contributed by atoms with Crippen LogP contribution in [0.25, 0.3) is 0 Å². The molecule has 13 heavy (non-hydrogen) atoms. The summed E-state index contributed by atoms with van der Waals surface area (Å²) in [7, 11) is 3.64. The quantitative estimate of drug-likeness (QED) is 0.482. The van der Waals surface area contributed by atoms with Gasteiger partial charge in [-0.1, -0.05) is 13.8 Å². The van der Waals surface area contributed by atoms with E-state index in [1.54, 1.807) is 0 Å². The average molecular weight is 188 g/mol. The van der Waals surface area contributed by atoms with E-state index in [1.165, 1.54) is 0 Å². The lowest BCUT2D eigenvalue weighted by Gasteiger charge is -2.28. The molecule has 0 aliphatic carbocycles. The van der Waals surface area contributed by atoms with Crippen molar-refractivity contribution in [2.75, 3.05) is 20.7 Å². The fraction of sp³-hybridized carbons (Fsp3) is 0.889. The minimum Gasteiger partial charge on any atom is -0.462 e. The summed E-state index contributed by atoms with van der Waals surface area (Å²) in [5, 5.41) is 6.07. The fourth-order valence-electron chi connectivity index (χ4n) is 0.651. The molecular formula is C9H20N2O2. The maximum absolute atomic E-state index is 11.1. The third-order valence-electron chi connectivity index (χ3n) is 2.08. The molecule has 0 amide bonds. The molecule has 78 valence electrons. The van der Waals surface area contributed by atoms with Gasteiger partial charge in [-0.3, -0.25) is 15.4 Å². The Hall–Kier alpha value is -0.610. The summed E-state index contributed by atoms with van der Waals surface area (Å²) in [5.74, 6) is -0.241. The van der Waals surface area contributed by atoms with E-state index >= 15 is 0 Å². The number of carbonyl (C=O) groups is 1. The predicted molar refractivity (Wildman–Crippen MR) is 52.3 cm³/mol. The van der Waals surface area contributed by atoms with Crippen molar-refractivity contribution in [3.63, 3.8) is 0 Å². The number of nitrogens with one attached hydrogen (secondary N) is 2. The fourth-order valence-corrected chi connectivity index (χ4v) is 0.651. The van der Waals surface area contributed by atoms with Gasteiger partial charge in [-0.05, 0) is 21.0 Å². The van der Waals surface area contributed by atoms with E-state index < -0.39 is 0 Å². The number of rotatable bonds is 5. The van der Waals surface area contributed by atoms with E-state index in [0.29, 0.717) is 6.61 Å². The van der Waals surface area contributed by atoms with Gasteiger partial charge in [-0.15, -0.1) is 0 Å². The number of hydrogen-bond acceptors (Lipinski definition) is 4. The van der Waals surface area contributed by atoms with Crippen LogP contribution < -0.4 is 10.6 Å². The Balaban J connectivity index is 3.92. The lowest BCUT2D eigenvalue weighted by Crippen LogP contribution is -2.55. The van der Waals surface area contributed by atoms with Gasteiger partial charge in [0.25, 0.3) is 0 Å². The molecule has 0 aromatic rings. The summed E-state index contributed by atoms with van der Waals surface area (Å²) in [6, 6.07) is 0. The zero-order valence-corrected chi connectivity index (χ0v) is 9.10. The highest BCUT2D eigenvalue weighted by Crippen LogP contribution is 2.01. The molecule has 4 nitrogen and oxygen atoms in total. The van der Waals surface area contributed by atoms with Gasteiger partial charge in [-0.2, -0.15) is 0 Å². The summed E-state index contributed by atoms with van der Waals surface area (Å²) < 4.78 is 5.09. The SMILES string of the molecule is CNC(C)(COC(=O)C(C)C)NC. The summed E-state index contributed by atoms with van der Waals surface area (Å²) in [6.07, 6.45) is 0. The van der Waals surface area contributed by atoms with E-state index in [-0.39, 0.29) is 17.6 Å². The molecule has 0 unspecified atom stereocenters. The van der Waals surface area contributed by atoms with Crippen molar-refractivity contribution < 1.29 is 9.53 Å². The number of hydrogen-bond donors (Lipinski definition) is 2. The molecule has 0 radical (unpaired) electrons. The van der Waals surface area contributed by atoms with Crippen molar-refractivity contribution in [2.45, 2.75) is 26.4 Å². The molecule has 0 saturated carbocycles. The highest BCUT2D eigenvalue weighted by atomic mass is 16.5. The first kappa shape index (κ1) is 12.4. The van der Waals surface area contributed by atoms with Gasteiger partial charge in [0.2, 0.25) is 0 Å². The monoisotopic (exact) mass is 188 g/mol. The summed E-state index contributed by atoms with van der Waals surface area (Å²) >= 11 is 0. The number of esters is 1. The molecule has 0 rings (SSSR count). The molecular weight excluding hydrogens is 168 g/mol. The average Bonchev–Trinajstić information content (AvgIpc) is 2.13. The van der Waals surface area contributed by atoms with Crippen LogP contribution in [0, 0.1) is 5.92 Å². The lowest BCUT2D eigenvalue weighted by atomic mass is 10.2. The second-order valence-corrected chi connectivity index (χ2v) is 3.59. The van der Waals surface area contributed by atoms with Gasteiger partial charge in [0, 0.05) is 0 Å². The largest absolute Gasteiger partial charge is 0.462 e. The van der Waals surface area contributed by atoms with Gasteiger partial charge in [-0.25, -0.2) is 0 Å². The first-order valence-corrected chi connectivity index (χ1v) is 4.49. The Kier molecular flexibility index (Phi) is 4.95. The molecule has 2 N–H and O–H groups in total. The Bertz CT molecular complexity index is 165. The van der Waals surface area contributed by atoms with Crippen LogP contribution in [0.15, 0.2) is 0 Å². The van der Waals surface area contributed by atoms with Crippen molar-refractivity contribution in [2.24, 2.45) is 5.92 Å². The van der Waals surface area contributed by atoms with Crippen molar-refractivity contribution >= 4 is 5.97 Å². The van der Waals surface area contributed by atoms with Crippen LogP contribution in [0.3, 0.4) is 0 Å². The van der Waals surface area contributed by atoms with Crippen molar-refractivity contribution in [3.05, 3.63) is 0 Å². The van der Waals surface area contributed by atoms with Crippen molar-refractivity contribution in [3.8, 4) is 0 Å². The lowest BCUT2D eigenvalue weighted by molar-refractivity contribution is -0.149. The van der Waals surface area contributed by atoms with Crippen LogP contribution in [0.2, 0.25) is 0 Å². The van der Waals surface area contributed by atoms with Gasteiger partial charge in [0.1, 0.15) is 12.3 Å². The normalized spacial score (nSPS) is 11.8. The molecule has 0 saturated heterocycles. The first-order chi connectivity index (χ1) is 5.95. The molecule has 4 heteroatoms. The Morgan fingerprint density at radius 3 is 2.15 bits per heavy atom. The Morgan fingerprint density at radius 2 is 1.85 bits per heavy atom. The molecule has 0 bridgehead atoms. The number of carbonyl (C=O) groups excluding carboxylic acids is 1. The standard InChI is InChI=1S/C9H20N2O2/c1-7(2)8(12)13-6-9(3,10-4)11-5/h7,10-11H,6H2,1-5H3. The van der Waals surface area contributed by atoms with Gasteiger partial charge < -0.3 is 4.74 Å². The van der Waals surface area contributed by atoms with Gasteiger partial charge in [0.15, 0.2) is 0 Å². The first-order valence-electron chi connectivity index (χ1n) is 4.49. The molecule has 0 heterocycles. The second-order valence-electron chi connectivity index (χ2n) is 3.59. The molecule has 0 aliphatic rings. The molecule has 0 aromatic carbocycles. The third-order valence-corrected chi connectivity index (χ3v) is 2.08. The summed E-state index contributed by atoms with van der Waals surface area (Å²) in [6.45, 7) is 5.90. The minimum absolute atomic E-state index is 0.0713. The van der Waals surface area contributed by atoms with E-state index in [2.05, 4.69) is 10.6 Å². The number of ether oxygens (including phenoxy) is 1. The maximum Gasteiger partial charge on any atom is 0.308 e. The third kappa shape index (κ3) is 4.24.